The zero-order valence-electron chi connectivity index (χ0n) is 28.7. The molecule has 50 heavy (non-hydrogen) atoms. The van der Waals surface area contributed by atoms with E-state index in [2.05, 4.69) is 84.4 Å². The van der Waals surface area contributed by atoms with Gasteiger partial charge in [0, 0.05) is 55.4 Å². The van der Waals surface area contributed by atoms with E-state index in [-0.39, 0.29) is 23.5 Å². The van der Waals surface area contributed by atoms with Crippen LogP contribution in [0.2, 0.25) is 0 Å². The van der Waals surface area contributed by atoms with Crippen molar-refractivity contribution in [2.75, 3.05) is 49.5 Å². The second-order valence-electron chi connectivity index (χ2n) is 13.2. The summed E-state index contributed by atoms with van der Waals surface area (Å²) in [7, 11) is 0. The number of carbonyl (C=O) groups excluding carboxylic acids is 1. The van der Waals surface area contributed by atoms with Crippen LogP contribution in [0.5, 0.6) is 0 Å². The number of ether oxygens (including phenoxy) is 1. The highest BCUT2D eigenvalue weighted by Crippen LogP contribution is 2.41. The third kappa shape index (κ3) is 7.07. The number of rotatable bonds is 12. The summed E-state index contributed by atoms with van der Waals surface area (Å²) in [4.78, 5) is 47.8. The lowest BCUT2D eigenvalue weighted by Gasteiger charge is -2.36. The summed E-state index contributed by atoms with van der Waals surface area (Å²) in [6, 6.07) is 9.33. The Morgan fingerprint density at radius 1 is 1.08 bits per heavy atom. The second-order valence-corrected chi connectivity index (χ2v) is 14.2. The third-order valence-corrected chi connectivity index (χ3v) is 10.6. The number of pyridine rings is 1. The zero-order chi connectivity index (χ0) is 34.9. The molecule has 1 saturated heterocycles. The predicted molar refractivity (Wildman–Crippen MR) is 202 cm³/mol. The number of imidazole rings is 1. The van der Waals surface area contributed by atoms with Gasteiger partial charge in [-0.2, -0.15) is 4.98 Å². The van der Waals surface area contributed by atoms with Crippen molar-refractivity contribution in [3.63, 3.8) is 0 Å². The van der Waals surface area contributed by atoms with Gasteiger partial charge in [-0.1, -0.05) is 13.0 Å². The number of H-pyrrole nitrogens is 1. The molecule has 11 nitrogen and oxygen atoms in total. The number of piperazine rings is 1. The molecule has 2 aliphatic rings. The van der Waals surface area contributed by atoms with Gasteiger partial charge in [0.25, 0.3) is 0 Å². The maximum atomic E-state index is 15.5. The lowest BCUT2D eigenvalue weighted by molar-refractivity contribution is 0.0523. The number of hydrogen-bond acceptors (Lipinski definition) is 9. The quantitative estimate of drug-likeness (QED) is 0.0617. The van der Waals surface area contributed by atoms with E-state index in [4.69, 9.17) is 9.72 Å². The first-order chi connectivity index (χ1) is 24.2. The van der Waals surface area contributed by atoms with Gasteiger partial charge in [0.2, 0.25) is 11.4 Å². The molecule has 0 bridgehead atoms. The molecule has 3 aromatic heterocycles. The maximum Gasteiger partial charge on any atom is 0.343 e. The molecule has 0 atom stereocenters. The first-order valence-electron chi connectivity index (χ1n) is 17.5. The Labute approximate surface area is 303 Å². The van der Waals surface area contributed by atoms with Gasteiger partial charge in [-0.15, -0.1) is 0 Å². The van der Waals surface area contributed by atoms with Gasteiger partial charge in [0.15, 0.2) is 5.65 Å². The first kappa shape index (κ1) is 34.3. The number of anilines is 3. The van der Waals surface area contributed by atoms with Crippen molar-refractivity contribution < 1.29 is 13.9 Å². The molecule has 5 aromatic rings. The lowest BCUT2D eigenvalue weighted by atomic mass is 10.0. The van der Waals surface area contributed by atoms with Crippen LogP contribution in [0.3, 0.4) is 0 Å². The molecule has 0 amide bonds. The fourth-order valence-corrected chi connectivity index (χ4v) is 7.47. The average Bonchev–Trinajstić information content (AvgIpc) is 3.88. The van der Waals surface area contributed by atoms with E-state index in [1.54, 1.807) is 13.0 Å². The van der Waals surface area contributed by atoms with E-state index < -0.39 is 17.2 Å². The fraction of sp³-hybridized carbons (Fsp3) is 0.432. The zero-order valence-corrected chi connectivity index (χ0v) is 30.8. The van der Waals surface area contributed by atoms with E-state index >= 15 is 4.39 Å². The second kappa shape index (κ2) is 14.6. The molecule has 1 aliphatic carbocycles. The van der Waals surface area contributed by atoms with Crippen LogP contribution in [-0.4, -0.2) is 74.7 Å². The van der Waals surface area contributed by atoms with Crippen LogP contribution < -0.4 is 15.6 Å². The SMILES string of the molecule is CCOC(=O)c1c(C2CC2)[nH]c2cc(N3CCN(CCCCn4cnc5c(I)nc(Nc6ccc(C)c(CC)c6)nc54)CC3)c(F)cc2c1=O. The summed E-state index contributed by atoms with van der Waals surface area (Å²) in [6.07, 6.45) is 6.61. The molecule has 0 spiro atoms. The normalized spacial score (nSPS) is 15.3. The Balaban J connectivity index is 0.958. The Morgan fingerprint density at radius 2 is 1.86 bits per heavy atom. The fourth-order valence-electron chi connectivity index (χ4n) is 6.86. The molecule has 1 saturated carbocycles. The van der Waals surface area contributed by atoms with Gasteiger partial charge in [0.1, 0.15) is 20.6 Å². The Morgan fingerprint density at radius 3 is 2.60 bits per heavy atom. The number of aromatic nitrogens is 5. The summed E-state index contributed by atoms with van der Waals surface area (Å²) in [5.41, 5.74) is 6.35. The van der Waals surface area contributed by atoms with Crippen LogP contribution in [0.15, 0.2) is 41.5 Å². The van der Waals surface area contributed by atoms with Crippen molar-refractivity contribution in [1.82, 2.24) is 29.4 Å². The lowest BCUT2D eigenvalue weighted by Crippen LogP contribution is -2.47. The van der Waals surface area contributed by atoms with Crippen molar-refractivity contribution in [2.24, 2.45) is 0 Å². The van der Waals surface area contributed by atoms with Gasteiger partial charge in [-0.3, -0.25) is 9.69 Å². The van der Waals surface area contributed by atoms with Crippen LogP contribution in [0.1, 0.15) is 72.6 Å². The summed E-state index contributed by atoms with van der Waals surface area (Å²) >= 11 is 2.23. The minimum Gasteiger partial charge on any atom is -0.462 e. The molecule has 7 rings (SSSR count). The van der Waals surface area contributed by atoms with Gasteiger partial charge in [-0.05, 0) is 110 Å². The highest BCUT2D eigenvalue weighted by atomic mass is 127. The van der Waals surface area contributed by atoms with Gasteiger partial charge < -0.3 is 24.5 Å². The number of unbranched alkanes of at least 4 members (excludes halogenated alkanes) is 1. The molecule has 262 valence electrons. The number of nitrogens with one attached hydrogen (secondary N) is 2. The minimum absolute atomic E-state index is 0.0113. The average molecular weight is 793 g/mol. The highest BCUT2D eigenvalue weighted by molar-refractivity contribution is 14.1. The molecule has 2 N–H and O–H groups in total. The summed E-state index contributed by atoms with van der Waals surface area (Å²) in [5, 5.41) is 3.56. The van der Waals surface area contributed by atoms with E-state index in [0.717, 1.165) is 78.8 Å². The minimum atomic E-state index is -0.647. The van der Waals surface area contributed by atoms with Crippen LogP contribution in [0.25, 0.3) is 22.1 Å². The topological polar surface area (TPSA) is 121 Å². The number of aromatic amines is 1. The largest absolute Gasteiger partial charge is 0.462 e. The number of hydrogen-bond donors (Lipinski definition) is 2. The standard InChI is InChI=1S/C37H42FIN8O3/c1-4-23-18-25(11-8-22(23)3)41-37-43-34(39)32-35(44-37)47(21-40-32)13-7-6-12-45-14-16-46(17-15-45)29-20-28-26(19-27(29)38)33(48)30(36(49)50-5-2)31(42-28)24-9-10-24/h8,11,18-21,24H,4-7,9-10,12-17H2,1-3H3,(H,42,48)(H,41,43,44). The highest BCUT2D eigenvalue weighted by Gasteiger charge is 2.33. The molecule has 4 heterocycles. The number of esters is 1. The number of halogens is 2. The number of nitrogens with zero attached hydrogens (tertiary/aromatic N) is 6. The van der Waals surface area contributed by atoms with Crippen LogP contribution in [-0.2, 0) is 17.7 Å². The molecule has 2 aromatic carbocycles. The van der Waals surface area contributed by atoms with Crippen LogP contribution in [0.4, 0.5) is 21.7 Å². The first-order valence-corrected chi connectivity index (χ1v) is 18.6. The van der Waals surface area contributed by atoms with Crippen molar-refractivity contribution in [1.29, 1.82) is 0 Å². The van der Waals surface area contributed by atoms with Crippen molar-refractivity contribution in [3.8, 4) is 0 Å². The molecule has 2 fully saturated rings. The Hall–Kier alpha value is -4.11. The molecule has 13 heteroatoms. The molecule has 1 aliphatic heterocycles. The predicted octanol–water partition coefficient (Wildman–Crippen LogP) is 6.68. The Bertz CT molecular complexity index is 2120. The number of carbonyl (C=O) groups is 1. The van der Waals surface area contributed by atoms with E-state index in [0.29, 0.717) is 35.9 Å². The summed E-state index contributed by atoms with van der Waals surface area (Å²) in [6.45, 7) is 10.9. The van der Waals surface area contributed by atoms with E-state index in [1.807, 2.05) is 11.2 Å². The molecular formula is C37H42FIN8O3. The maximum absolute atomic E-state index is 15.5. The van der Waals surface area contributed by atoms with Crippen molar-refractivity contribution in [2.45, 2.75) is 65.3 Å². The molecule has 0 unspecified atom stereocenters. The van der Waals surface area contributed by atoms with E-state index in [1.165, 1.54) is 17.2 Å². The molecular weight excluding hydrogens is 750 g/mol. The van der Waals surface area contributed by atoms with Crippen molar-refractivity contribution >= 4 is 68.0 Å². The Kier molecular flexibility index (Phi) is 10.0. The number of benzene rings is 2. The van der Waals surface area contributed by atoms with Crippen LogP contribution in [0, 0.1) is 16.4 Å². The smallest absolute Gasteiger partial charge is 0.343 e. The van der Waals surface area contributed by atoms with Crippen LogP contribution >= 0.6 is 22.6 Å². The van der Waals surface area contributed by atoms with Crippen molar-refractivity contribution in [3.05, 3.63) is 78.8 Å². The van der Waals surface area contributed by atoms with E-state index in [9.17, 15) is 9.59 Å². The van der Waals surface area contributed by atoms with Gasteiger partial charge in [-0.25, -0.2) is 19.2 Å². The monoisotopic (exact) mass is 792 g/mol. The molecule has 0 radical (unpaired) electrons. The summed E-state index contributed by atoms with van der Waals surface area (Å²) < 4.78 is 23.6. The van der Waals surface area contributed by atoms with Gasteiger partial charge >= 0.3 is 5.97 Å². The third-order valence-electron chi connectivity index (χ3n) is 9.81. The number of fused-ring (bicyclic) bond motifs is 2. The number of aryl methyl sites for hydroxylation is 3. The van der Waals surface area contributed by atoms with Gasteiger partial charge in [0.05, 0.1) is 24.1 Å². The summed E-state index contributed by atoms with van der Waals surface area (Å²) in [5.74, 6) is -0.419.